The summed E-state index contributed by atoms with van der Waals surface area (Å²) in [6.45, 7) is 0.454. The Morgan fingerprint density at radius 3 is 2.26 bits per heavy atom. The van der Waals surface area contributed by atoms with Crippen molar-refractivity contribution in [3.8, 4) is 0 Å². The third-order valence-electron chi connectivity index (χ3n) is 4.47. The lowest BCUT2D eigenvalue weighted by Gasteiger charge is -2.33. The second-order valence-electron chi connectivity index (χ2n) is 5.76. The van der Waals surface area contributed by atoms with Gasteiger partial charge in [-0.25, -0.2) is 0 Å². The average molecular weight is 278 g/mol. The van der Waals surface area contributed by atoms with Crippen LogP contribution in [0.15, 0.2) is 0 Å². The zero-order valence-electron chi connectivity index (χ0n) is 11.0. The summed E-state index contributed by atoms with van der Waals surface area (Å²) in [6.07, 6.45) is -0.687. The largest absolute Gasteiger partial charge is 0.391 e. The van der Waals surface area contributed by atoms with Crippen LogP contribution in [-0.4, -0.2) is 36.1 Å². The van der Waals surface area contributed by atoms with Crippen LogP contribution >= 0.6 is 0 Å². The van der Waals surface area contributed by atoms with Crippen molar-refractivity contribution in [3.63, 3.8) is 0 Å². The molecule has 0 aromatic heterocycles. The number of nitrogens with zero attached hydrogens (tertiary/aromatic N) is 1. The van der Waals surface area contributed by atoms with E-state index in [1.807, 2.05) is 0 Å². The quantitative estimate of drug-likeness (QED) is 0.842. The van der Waals surface area contributed by atoms with Gasteiger partial charge in [-0.05, 0) is 31.6 Å². The van der Waals surface area contributed by atoms with E-state index in [9.17, 15) is 18.0 Å². The Labute approximate surface area is 111 Å². The molecule has 2 aliphatic rings. The minimum absolute atomic E-state index is 0.0250. The number of rotatable bonds is 2. The molecule has 19 heavy (non-hydrogen) atoms. The number of halogens is 3. The maximum atomic E-state index is 12.5. The van der Waals surface area contributed by atoms with Gasteiger partial charge < -0.3 is 10.6 Å². The van der Waals surface area contributed by atoms with Crippen molar-refractivity contribution < 1.29 is 18.0 Å². The molecule has 0 aromatic rings. The maximum absolute atomic E-state index is 12.5. The van der Waals surface area contributed by atoms with Gasteiger partial charge >= 0.3 is 6.18 Å². The molecule has 1 saturated heterocycles. The van der Waals surface area contributed by atoms with Crippen LogP contribution in [-0.2, 0) is 4.79 Å². The fourth-order valence-electron chi connectivity index (χ4n) is 3.13. The Balaban J connectivity index is 1.79. The van der Waals surface area contributed by atoms with E-state index in [2.05, 4.69) is 0 Å². The summed E-state index contributed by atoms with van der Waals surface area (Å²) in [7, 11) is 0. The molecule has 2 fully saturated rings. The zero-order chi connectivity index (χ0) is 14.0. The van der Waals surface area contributed by atoms with Gasteiger partial charge in [-0.2, -0.15) is 13.2 Å². The second-order valence-corrected chi connectivity index (χ2v) is 5.76. The predicted octanol–water partition coefficient (Wildman–Crippen LogP) is 2.30. The topological polar surface area (TPSA) is 46.3 Å². The first-order valence-corrected chi connectivity index (χ1v) is 6.98. The van der Waals surface area contributed by atoms with Crippen LogP contribution in [0.4, 0.5) is 13.2 Å². The molecule has 0 unspecified atom stereocenters. The van der Waals surface area contributed by atoms with Crippen LogP contribution in [0.3, 0.4) is 0 Å². The zero-order valence-corrected chi connectivity index (χ0v) is 11.0. The number of hydrogen-bond acceptors (Lipinski definition) is 2. The highest BCUT2D eigenvalue weighted by Crippen LogP contribution is 2.35. The smallest absolute Gasteiger partial charge is 0.343 e. The Hall–Kier alpha value is -0.780. The second kappa shape index (κ2) is 5.69. The van der Waals surface area contributed by atoms with Gasteiger partial charge in [-0.15, -0.1) is 0 Å². The van der Waals surface area contributed by atoms with E-state index in [1.54, 1.807) is 4.90 Å². The molecule has 2 atom stereocenters. The minimum Gasteiger partial charge on any atom is -0.343 e. The van der Waals surface area contributed by atoms with Gasteiger partial charge in [0.2, 0.25) is 5.91 Å². The van der Waals surface area contributed by atoms with E-state index in [-0.39, 0.29) is 43.8 Å². The third kappa shape index (κ3) is 3.61. The van der Waals surface area contributed by atoms with Crippen molar-refractivity contribution in [1.29, 1.82) is 0 Å². The van der Waals surface area contributed by atoms with Crippen molar-refractivity contribution in [2.45, 2.75) is 50.7 Å². The number of hydrogen-bond donors (Lipinski definition) is 1. The molecule has 1 heterocycles. The van der Waals surface area contributed by atoms with Gasteiger partial charge in [0.15, 0.2) is 0 Å². The molecule has 1 amide bonds. The number of carbonyl (C=O) groups is 1. The van der Waals surface area contributed by atoms with Crippen molar-refractivity contribution in [1.82, 2.24) is 4.90 Å². The highest BCUT2D eigenvalue weighted by Gasteiger charge is 2.42. The molecule has 0 aromatic carbocycles. The SMILES string of the molecule is N[C@@H]1CCC[C@H]1CC(=O)N1CCC(C(F)(F)F)CC1. The molecule has 2 N–H and O–H groups in total. The van der Waals surface area contributed by atoms with Crippen LogP contribution in [0.2, 0.25) is 0 Å². The van der Waals surface area contributed by atoms with Gasteiger partial charge in [0.1, 0.15) is 0 Å². The standard InChI is InChI=1S/C13H21F3N2O/c14-13(15,16)10-4-6-18(7-5-10)12(19)8-9-2-1-3-11(9)17/h9-11H,1-8,17H2/t9-,11+/m0/s1. The first-order valence-electron chi connectivity index (χ1n) is 6.98. The lowest BCUT2D eigenvalue weighted by Crippen LogP contribution is -2.43. The van der Waals surface area contributed by atoms with Crippen LogP contribution in [0.5, 0.6) is 0 Å². The molecule has 0 radical (unpaired) electrons. The summed E-state index contributed by atoms with van der Waals surface area (Å²) in [5.74, 6) is -1.05. The summed E-state index contributed by atoms with van der Waals surface area (Å²) < 4.78 is 37.6. The van der Waals surface area contributed by atoms with E-state index >= 15 is 0 Å². The minimum atomic E-state index is -4.12. The van der Waals surface area contributed by atoms with Crippen molar-refractivity contribution in [3.05, 3.63) is 0 Å². The maximum Gasteiger partial charge on any atom is 0.391 e. The van der Waals surface area contributed by atoms with E-state index in [0.717, 1.165) is 19.3 Å². The normalized spacial score (nSPS) is 29.8. The van der Waals surface area contributed by atoms with E-state index in [1.165, 1.54) is 0 Å². The monoisotopic (exact) mass is 278 g/mol. The van der Waals surface area contributed by atoms with Crippen LogP contribution in [0.25, 0.3) is 0 Å². The number of alkyl halides is 3. The average Bonchev–Trinajstić information content (AvgIpc) is 2.74. The van der Waals surface area contributed by atoms with Crippen molar-refractivity contribution in [2.24, 2.45) is 17.6 Å². The van der Waals surface area contributed by atoms with Gasteiger partial charge in [-0.3, -0.25) is 4.79 Å². The summed E-state index contributed by atoms with van der Waals surface area (Å²) in [5.41, 5.74) is 5.92. The number of piperidine rings is 1. The van der Waals surface area contributed by atoms with Crippen molar-refractivity contribution >= 4 is 5.91 Å². The van der Waals surface area contributed by atoms with Crippen LogP contribution in [0.1, 0.15) is 38.5 Å². The first-order chi connectivity index (χ1) is 8.88. The van der Waals surface area contributed by atoms with Gasteiger partial charge in [0.25, 0.3) is 0 Å². The van der Waals surface area contributed by atoms with E-state index in [0.29, 0.717) is 6.42 Å². The lowest BCUT2D eigenvalue weighted by atomic mass is 9.94. The Morgan fingerprint density at radius 1 is 1.16 bits per heavy atom. The van der Waals surface area contributed by atoms with Crippen LogP contribution < -0.4 is 5.73 Å². The molecule has 110 valence electrons. The fraction of sp³-hybridized carbons (Fsp3) is 0.923. The molecule has 6 heteroatoms. The highest BCUT2D eigenvalue weighted by atomic mass is 19.4. The molecule has 1 saturated carbocycles. The van der Waals surface area contributed by atoms with E-state index in [4.69, 9.17) is 5.73 Å². The van der Waals surface area contributed by atoms with Gasteiger partial charge in [-0.1, -0.05) is 6.42 Å². The lowest BCUT2D eigenvalue weighted by molar-refractivity contribution is -0.186. The third-order valence-corrected chi connectivity index (χ3v) is 4.47. The van der Waals surface area contributed by atoms with Crippen molar-refractivity contribution in [2.75, 3.05) is 13.1 Å². The first kappa shape index (κ1) is 14.6. The summed E-state index contributed by atoms with van der Waals surface area (Å²) in [5, 5.41) is 0. The Bertz CT molecular complexity index is 324. The molecule has 1 aliphatic carbocycles. The van der Waals surface area contributed by atoms with Gasteiger partial charge in [0.05, 0.1) is 5.92 Å². The number of nitrogens with two attached hydrogens (primary N) is 1. The molecule has 0 bridgehead atoms. The molecule has 2 rings (SSSR count). The summed E-state index contributed by atoms with van der Waals surface area (Å²) >= 11 is 0. The van der Waals surface area contributed by atoms with Crippen LogP contribution in [0, 0.1) is 11.8 Å². The molecular formula is C13H21F3N2O. The molecule has 1 aliphatic heterocycles. The van der Waals surface area contributed by atoms with E-state index < -0.39 is 12.1 Å². The molecule has 0 spiro atoms. The summed E-state index contributed by atoms with van der Waals surface area (Å²) in [4.78, 5) is 13.6. The molecule has 3 nitrogen and oxygen atoms in total. The predicted molar refractivity (Wildman–Crippen MR) is 65.3 cm³/mol. The summed E-state index contributed by atoms with van der Waals surface area (Å²) in [6, 6.07) is 0.0802. The number of amides is 1. The van der Waals surface area contributed by atoms with Gasteiger partial charge in [0, 0.05) is 25.6 Å². The number of carbonyl (C=O) groups excluding carboxylic acids is 1. The highest BCUT2D eigenvalue weighted by molar-refractivity contribution is 5.76. The number of likely N-dealkylation sites (tertiary alicyclic amines) is 1. The Kier molecular flexibility index (Phi) is 4.38. The fourth-order valence-corrected chi connectivity index (χ4v) is 3.13. The Morgan fingerprint density at radius 2 is 1.79 bits per heavy atom. The molecular weight excluding hydrogens is 257 g/mol.